The van der Waals surface area contributed by atoms with Crippen LogP contribution in [0.2, 0.25) is 0 Å². The van der Waals surface area contributed by atoms with E-state index in [-0.39, 0.29) is 5.75 Å². The highest BCUT2D eigenvalue weighted by atomic mass is 16.5. The van der Waals surface area contributed by atoms with Gasteiger partial charge in [-0.25, -0.2) is 4.98 Å². The summed E-state index contributed by atoms with van der Waals surface area (Å²) in [5.74, 6) is 1.21. The number of nitrogens with zero attached hydrogens (tertiary/aromatic N) is 3. The predicted octanol–water partition coefficient (Wildman–Crippen LogP) is 4.02. The Morgan fingerprint density at radius 2 is 1.85 bits per heavy atom. The van der Waals surface area contributed by atoms with Gasteiger partial charge in [-0.3, -0.25) is 0 Å². The summed E-state index contributed by atoms with van der Waals surface area (Å²) in [7, 11) is 1.59. The topological polar surface area (TPSA) is 89.4 Å². The summed E-state index contributed by atoms with van der Waals surface area (Å²) in [4.78, 5) is 4.15. The normalized spacial score (nSPS) is 23.7. The Labute approximate surface area is 198 Å². The molecule has 2 N–H and O–H groups in total. The summed E-state index contributed by atoms with van der Waals surface area (Å²) in [5.41, 5.74) is 6.78. The van der Waals surface area contributed by atoms with Crippen LogP contribution in [0.5, 0.6) is 11.6 Å². The number of morpholine rings is 1. The molecule has 0 amide bonds. The van der Waals surface area contributed by atoms with Crippen LogP contribution in [0, 0.1) is 5.92 Å². The molecule has 7 nitrogen and oxygen atoms in total. The standard InChI is InChI=1S/C27H28N4O3/c1-33-26-13-17(7-8-28-26)16-5-6-23(25(32)12-16)24-11-18-3-2-4-22(27(18)31-30-24)19-9-20-14-34-15-21(10-19)29-20/h4-8,11-13,19-21,29,32H,2-3,9-10,14-15H2,1H3/t19-,20+,21?/m1/s1. The van der Waals surface area contributed by atoms with Gasteiger partial charge in [0.15, 0.2) is 0 Å². The van der Waals surface area contributed by atoms with E-state index in [0.717, 1.165) is 55.7 Å². The molecule has 174 valence electrons. The molecule has 0 radical (unpaired) electrons. The van der Waals surface area contributed by atoms with Gasteiger partial charge in [-0.05, 0) is 78.1 Å². The first-order valence-electron chi connectivity index (χ1n) is 11.9. The van der Waals surface area contributed by atoms with Crippen LogP contribution in [-0.4, -0.2) is 52.7 Å². The van der Waals surface area contributed by atoms with Crippen LogP contribution < -0.4 is 10.1 Å². The van der Waals surface area contributed by atoms with Crippen molar-refractivity contribution >= 4 is 5.57 Å². The fraction of sp³-hybridized carbons (Fsp3) is 0.370. The molecule has 2 fully saturated rings. The molecule has 2 saturated heterocycles. The van der Waals surface area contributed by atoms with Crippen LogP contribution in [0.3, 0.4) is 0 Å². The lowest BCUT2D eigenvalue weighted by Crippen LogP contribution is -2.54. The van der Waals surface area contributed by atoms with Gasteiger partial charge in [0.1, 0.15) is 5.75 Å². The molecule has 1 unspecified atom stereocenters. The first-order chi connectivity index (χ1) is 16.7. The lowest BCUT2D eigenvalue weighted by molar-refractivity contribution is 0.0154. The van der Waals surface area contributed by atoms with Crippen molar-refractivity contribution in [2.75, 3.05) is 20.3 Å². The quantitative estimate of drug-likeness (QED) is 0.613. The number of hydrogen-bond acceptors (Lipinski definition) is 7. The van der Waals surface area contributed by atoms with Crippen LogP contribution in [0.4, 0.5) is 0 Å². The Morgan fingerprint density at radius 1 is 1.03 bits per heavy atom. The fourth-order valence-electron chi connectivity index (χ4n) is 5.56. The number of allylic oxidation sites excluding steroid dienone is 2. The molecular weight excluding hydrogens is 428 g/mol. The second-order valence-electron chi connectivity index (χ2n) is 9.39. The minimum atomic E-state index is 0.181. The Balaban J connectivity index is 1.28. The molecule has 7 heteroatoms. The van der Waals surface area contributed by atoms with Gasteiger partial charge in [-0.2, -0.15) is 0 Å². The minimum Gasteiger partial charge on any atom is -0.507 e. The zero-order valence-electron chi connectivity index (χ0n) is 19.2. The number of aromatic hydroxyl groups is 1. The minimum absolute atomic E-state index is 0.181. The second kappa shape index (κ2) is 8.81. The van der Waals surface area contributed by atoms with Gasteiger partial charge in [-0.1, -0.05) is 12.1 Å². The highest BCUT2D eigenvalue weighted by Crippen LogP contribution is 2.40. The van der Waals surface area contributed by atoms with E-state index >= 15 is 0 Å². The van der Waals surface area contributed by atoms with Crippen molar-refractivity contribution in [3.8, 4) is 34.0 Å². The lowest BCUT2D eigenvalue weighted by Gasteiger charge is -2.41. The van der Waals surface area contributed by atoms with Gasteiger partial charge in [0, 0.05) is 29.9 Å². The number of piperidine rings is 1. The predicted molar refractivity (Wildman–Crippen MR) is 129 cm³/mol. The van der Waals surface area contributed by atoms with Gasteiger partial charge in [-0.15, -0.1) is 10.2 Å². The molecule has 0 spiro atoms. The summed E-state index contributed by atoms with van der Waals surface area (Å²) in [5, 5.41) is 23.8. The highest BCUT2D eigenvalue weighted by molar-refractivity contribution is 5.76. The van der Waals surface area contributed by atoms with Crippen molar-refractivity contribution < 1.29 is 14.6 Å². The number of aryl methyl sites for hydroxylation is 1. The first-order valence-corrected chi connectivity index (χ1v) is 11.9. The third-order valence-electron chi connectivity index (χ3n) is 7.16. The molecule has 1 aliphatic carbocycles. The Morgan fingerprint density at radius 3 is 2.65 bits per heavy atom. The number of aromatic nitrogens is 3. The third kappa shape index (κ3) is 3.95. The van der Waals surface area contributed by atoms with Gasteiger partial charge in [0.25, 0.3) is 0 Å². The van der Waals surface area contributed by atoms with E-state index in [9.17, 15) is 5.11 Å². The maximum atomic E-state index is 10.8. The van der Waals surface area contributed by atoms with Gasteiger partial charge >= 0.3 is 0 Å². The van der Waals surface area contributed by atoms with Crippen molar-refractivity contribution in [2.45, 2.75) is 37.8 Å². The molecule has 2 aromatic heterocycles. The maximum absolute atomic E-state index is 10.8. The monoisotopic (exact) mass is 456 g/mol. The van der Waals surface area contributed by atoms with Gasteiger partial charge in [0.05, 0.1) is 31.7 Å². The van der Waals surface area contributed by atoms with E-state index in [0.29, 0.717) is 35.1 Å². The van der Waals surface area contributed by atoms with Crippen LogP contribution >= 0.6 is 0 Å². The molecule has 2 aliphatic heterocycles. The number of phenolic OH excluding ortho intramolecular Hbond substituents is 1. The molecule has 2 bridgehead atoms. The Bertz CT molecular complexity index is 1250. The molecule has 3 aliphatic rings. The molecule has 3 aromatic rings. The smallest absolute Gasteiger partial charge is 0.213 e. The van der Waals surface area contributed by atoms with E-state index < -0.39 is 0 Å². The number of benzene rings is 1. The molecule has 6 rings (SSSR count). The summed E-state index contributed by atoms with van der Waals surface area (Å²) < 4.78 is 10.9. The Kier molecular flexibility index (Phi) is 5.51. The van der Waals surface area contributed by atoms with Crippen molar-refractivity contribution in [1.29, 1.82) is 0 Å². The molecular formula is C27H28N4O3. The zero-order valence-corrected chi connectivity index (χ0v) is 19.2. The SMILES string of the molecule is COc1cc(-c2ccc(-c3cc4c(nn3)C([C@H]3CC5COC[C@H](C3)N5)=CCC4)c(O)c2)ccn1. The number of phenols is 1. The number of nitrogens with one attached hydrogen (secondary N) is 1. The maximum Gasteiger partial charge on any atom is 0.213 e. The average Bonchev–Trinajstić information content (AvgIpc) is 2.87. The van der Waals surface area contributed by atoms with Crippen LogP contribution in [0.1, 0.15) is 30.5 Å². The van der Waals surface area contributed by atoms with Crippen LogP contribution in [0.25, 0.3) is 28.0 Å². The fourth-order valence-corrected chi connectivity index (χ4v) is 5.56. The number of hydrogen-bond donors (Lipinski definition) is 2. The molecule has 34 heavy (non-hydrogen) atoms. The van der Waals surface area contributed by atoms with E-state index in [1.165, 1.54) is 11.1 Å². The molecule has 3 atom stereocenters. The zero-order chi connectivity index (χ0) is 23.1. The first kappa shape index (κ1) is 21.3. The van der Waals surface area contributed by atoms with Crippen molar-refractivity contribution in [3.05, 3.63) is 59.9 Å². The van der Waals surface area contributed by atoms with Gasteiger partial charge < -0.3 is 19.9 Å². The van der Waals surface area contributed by atoms with Crippen molar-refractivity contribution in [3.63, 3.8) is 0 Å². The van der Waals surface area contributed by atoms with E-state index in [1.54, 1.807) is 19.4 Å². The van der Waals surface area contributed by atoms with E-state index in [1.807, 2.05) is 24.3 Å². The van der Waals surface area contributed by atoms with Crippen molar-refractivity contribution in [2.24, 2.45) is 5.92 Å². The Hall–Kier alpha value is -3.29. The second-order valence-corrected chi connectivity index (χ2v) is 9.39. The largest absolute Gasteiger partial charge is 0.507 e. The average molecular weight is 457 g/mol. The molecule has 1 aromatic carbocycles. The number of methoxy groups -OCH3 is 1. The molecule has 4 heterocycles. The summed E-state index contributed by atoms with van der Waals surface area (Å²) in [6.45, 7) is 1.58. The van der Waals surface area contributed by atoms with Crippen LogP contribution in [-0.2, 0) is 11.2 Å². The number of fused-ring (bicyclic) bond motifs is 3. The number of pyridine rings is 1. The molecule has 0 saturated carbocycles. The van der Waals surface area contributed by atoms with Crippen molar-refractivity contribution in [1.82, 2.24) is 20.5 Å². The number of rotatable bonds is 4. The van der Waals surface area contributed by atoms with Gasteiger partial charge in [0.2, 0.25) is 5.88 Å². The highest BCUT2D eigenvalue weighted by Gasteiger charge is 2.35. The van der Waals surface area contributed by atoms with Crippen LogP contribution in [0.15, 0.2) is 48.7 Å². The summed E-state index contributed by atoms with van der Waals surface area (Å²) in [6, 6.07) is 12.3. The van der Waals surface area contributed by atoms with E-state index in [4.69, 9.17) is 9.47 Å². The lowest BCUT2D eigenvalue weighted by atomic mass is 9.77. The number of ether oxygens (including phenoxy) is 2. The summed E-state index contributed by atoms with van der Waals surface area (Å²) in [6.07, 6.45) is 8.16. The summed E-state index contributed by atoms with van der Waals surface area (Å²) >= 11 is 0. The van der Waals surface area contributed by atoms with E-state index in [2.05, 4.69) is 32.6 Å². The third-order valence-corrected chi connectivity index (χ3v) is 7.16.